The third-order valence-electron chi connectivity index (χ3n) is 3.73. The molecule has 0 aliphatic carbocycles. The monoisotopic (exact) mass is 290 g/mol. The van der Waals surface area contributed by atoms with Crippen LogP contribution >= 0.6 is 11.8 Å². The smallest absolute Gasteiger partial charge is 0.255 e. The predicted octanol–water partition coefficient (Wildman–Crippen LogP) is 1.17. The molecule has 1 atom stereocenters. The maximum absolute atomic E-state index is 12.4. The van der Waals surface area contributed by atoms with Crippen molar-refractivity contribution >= 4 is 29.5 Å². The van der Waals surface area contributed by atoms with E-state index in [-0.39, 0.29) is 24.1 Å². The molecule has 104 valence electrons. The Balaban J connectivity index is 1.86. The first-order valence-electron chi connectivity index (χ1n) is 6.41. The third-order valence-corrected chi connectivity index (χ3v) is 4.46. The van der Waals surface area contributed by atoms with Gasteiger partial charge in [-0.2, -0.15) is 0 Å². The van der Waals surface area contributed by atoms with Gasteiger partial charge in [-0.15, -0.1) is 11.8 Å². The minimum absolute atomic E-state index is 0.123. The number of rotatable bonds is 2. The first kappa shape index (κ1) is 13.2. The fourth-order valence-corrected chi connectivity index (χ4v) is 3.14. The summed E-state index contributed by atoms with van der Waals surface area (Å²) in [6.45, 7) is 0.439. The van der Waals surface area contributed by atoms with Crippen molar-refractivity contribution < 1.29 is 14.4 Å². The highest BCUT2D eigenvalue weighted by Crippen LogP contribution is 2.30. The Kier molecular flexibility index (Phi) is 3.25. The maximum atomic E-state index is 12.4. The number of piperidine rings is 1. The second-order valence-corrected chi connectivity index (χ2v) is 5.80. The second kappa shape index (κ2) is 4.94. The Morgan fingerprint density at radius 3 is 2.80 bits per heavy atom. The van der Waals surface area contributed by atoms with E-state index in [1.807, 2.05) is 24.5 Å². The van der Waals surface area contributed by atoms with Gasteiger partial charge in [0.15, 0.2) is 0 Å². The van der Waals surface area contributed by atoms with Gasteiger partial charge in [0, 0.05) is 23.4 Å². The number of thioether (sulfide) groups is 1. The summed E-state index contributed by atoms with van der Waals surface area (Å²) in [5.41, 5.74) is 1.61. The fraction of sp³-hybridized carbons (Fsp3) is 0.357. The van der Waals surface area contributed by atoms with E-state index < -0.39 is 6.04 Å². The second-order valence-electron chi connectivity index (χ2n) is 4.92. The average Bonchev–Trinajstić information content (AvgIpc) is 2.75. The maximum Gasteiger partial charge on any atom is 0.255 e. The highest BCUT2D eigenvalue weighted by molar-refractivity contribution is 7.98. The van der Waals surface area contributed by atoms with Crippen molar-refractivity contribution in [1.82, 2.24) is 10.2 Å². The molecule has 0 saturated carbocycles. The first-order chi connectivity index (χ1) is 9.60. The number of nitrogens with one attached hydrogen (secondary N) is 1. The lowest BCUT2D eigenvalue weighted by Gasteiger charge is -2.29. The van der Waals surface area contributed by atoms with Gasteiger partial charge in [0.05, 0.1) is 0 Å². The van der Waals surface area contributed by atoms with E-state index in [9.17, 15) is 14.4 Å². The van der Waals surface area contributed by atoms with Gasteiger partial charge in [-0.05, 0) is 36.4 Å². The highest BCUT2D eigenvalue weighted by Gasteiger charge is 2.38. The largest absolute Gasteiger partial charge is 0.322 e. The molecule has 3 rings (SSSR count). The zero-order chi connectivity index (χ0) is 14.3. The first-order valence-corrected chi connectivity index (χ1v) is 7.64. The summed E-state index contributed by atoms with van der Waals surface area (Å²) in [5, 5.41) is 2.30. The van der Waals surface area contributed by atoms with Crippen LogP contribution in [0.25, 0.3) is 0 Å². The minimum Gasteiger partial charge on any atom is -0.322 e. The molecule has 2 aliphatic heterocycles. The van der Waals surface area contributed by atoms with E-state index in [0.717, 1.165) is 10.5 Å². The molecule has 1 aromatic carbocycles. The topological polar surface area (TPSA) is 66.5 Å². The number of nitrogens with zero attached hydrogens (tertiary/aromatic N) is 1. The summed E-state index contributed by atoms with van der Waals surface area (Å²) < 4.78 is 0. The van der Waals surface area contributed by atoms with Crippen molar-refractivity contribution in [3.05, 3.63) is 29.3 Å². The van der Waals surface area contributed by atoms with Crippen molar-refractivity contribution in [2.24, 2.45) is 0 Å². The van der Waals surface area contributed by atoms with Gasteiger partial charge < -0.3 is 4.90 Å². The van der Waals surface area contributed by atoms with Gasteiger partial charge in [-0.25, -0.2) is 0 Å². The van der Waals surface area contributed by atoms with Crippen molar-refractivity contribution in [2.75, 3.05) is 6.26 Å². The van der Waals surface area contributed by atoms with Crippen LogP contribution in [-0.4, -0.2) is 34.9 Å². The molecule has 20 heavy (non-hydrogen) atoms. The van der Waals surface area contributed by atoms with Crippen molar-refractivity contribution in [3.63, 3.8) is 0 Å². The lowest BCUT2D eigenvalue weighted by molar-refractivity contribution is -0.136. The van der Waals surface area contributed by atoms with Crippen LogP contribution in [0, 0.1) is 0 Å². The molecule has 1 N–H and O–H groups in total. The summed E-state index contributed by atoms with van der Waals surface area (Å²) >= 11 is 1.62. The van der Waals surface area contributed by atoms with Gasteiger partial charge in [0.25, 0.3) is 5.91 Å². The molecule has 1 aromatic rings. The van der Waals surface area contributed by atoms with Crippen LogP contribution in [0.1, 0.15) is 28.8 Å². The Bertz CT molecular complexity index is 614. The third kappa shape index (κ3) is 2.10. The molecule has 1 fully saturated rings. The number of imide groups is 1. The SMILES string of the molecule is CSc1ccc2c(c1)CN([C@@H]1CCC(=O)NC1=O)C2=O. The van der Waals surface area contributed by atoms with Crippen LogP contribution < -0.4 is 5.32 Å². The summed E-state index contributed by atoms with van der Waals surface area (Å²) in [7, 11) is 0. The molecule has 5 nitrogen and oxygen atoms in total. The number of amides is 3. The average molecular weight is 290 g/mol. The fourth-order valence-electron chi connectivity index (χ4n) is 2.68. The van der Waals surface area contributed by atoms with Gasteiger partial charge in [-0.1, -0.05) is 0 Å². The van der Waals surface area contributed by atoms with Gasteiger partial charge in [0.1, 0.15) is 6.04 Å². The molecule has 1 saturated heterocycles. The molecular formula is C14H14N2O3S. The lowest BCUT2D eigenvalue weighted by atomic mass is 10.0. The van der Waals surface area contributed by atoms with E-state index in [2.05, 4.69) is 5.32 Å². The molecule has 0 radical (unpaired) electrons. The number of carbonyl (C=O) groups excluding carboxylic acids is 3. The summed E-state index contributed by atoms with van der Waals surface area (Å²) in [6, 6.07) is 5.18. The normalized spacial score (nSPS) is 21.9. The summed E-state index contributed by atoms with van der Waals surface area (Å²) in [5.74, 6) is -0.755. The van der Waals surface area contributed by atoms with Gasteiger partial charge in [-0.3, -0.25) is 19.7 Å². The van der Waals surface area contributed by atoms with Gasteiger partial charge >= 0.3 is 0 Å². The predicted molar refractivity (Wildman–Crippen MR) is 74.3 cm³/mol. The van der Waals surface area contributed by atoms with Gasteiger partial charge in [0.2, 0.25) is 11.8 Å². The van der Waals surface area contributed by atoms with Crippen molar-refractivity contribution in [1.29, 1.82) is 0 Å². The molecular weight excluding hydrogens is 276 g/mol. The zero-order valence-electron chi connectivity index (χ0n) is 11.0. The standard InChI is InChI=1S/C14H14N2O3S/c1-20-9-2-3-10-8(6-9)7-16(14(10)19)11-4-5-12(17)15-13(11)18/h2-3,6,11H,4-5,7H2,1H3,(H,15,17,18)/t11-/m1/s1. The van der Waals surface area contributed by atoms with Crippen LogP contribution in [-0.2, 0) is 16.1 Å². The van der Waals surface area contributed by atoms with E-state index >= 15 is 0 Å². The van der Waals surface area contributed by atoms with Crippen LogP contribution in [0.15, 0.2) is 23.1 Å². The Hall–Kier alpha value is -1.82. The van der Waals surface area contributed by atoms with E-state index in [1.165, 1.54) is 0 Å². The molecule has 6 heteroatoms. The Morgan fingerprint density at radius 2 is 2.10 bits per heavy atom. The minimum atomic E-state index is -0.537. The Labute approximate surface area is 120 Å². The lowest BCUT2D eigenvalue weighted by Crippen LogP contribution is -2.52. The van der Waals surface area contributed by atoms with E-state index in [0.29, 0.717) is 18.5 Å². The number of fused-ring (bicyclic) bond motifs is 1. The number of carbonyl (C=O) groups is 3. The molecule has 3 amide bonds. The van der Waals surface area contributed by atoms with Crippen LogP contribution in [0.3, 0.4) is 0 Å². The summed E-state index contributed by atoms with van der Waals surface area (Å²) in [6.07, 6.45) is 2.67. The summed E-state index contributed by atoms with van der Waals surface area (Å²) in [4.78, 5) is 38.1. The van der Waals surface area contributed by atoms with Crippen LogP contribution in [0.2, 0.25) is 0 Å². The molecule has 0 unspecified atom stereocenters. The van der Waals surface area contributed by atoms with Crippen molar-refractivity contribution in [3.8, 4) is 0 Å². The van der Waals surface area contributed by atoms with Crippen LogP contribution in [0.4, 0.5) is 0 Å². The number of hydrogen-bond acceptors (Lipinski definition) is 4. The zero-order valence-corrected chi connectivity index (χ0v) is 11.8. The molecule has 2 heterocycles. The molecule has 2 aliphatic rings. The van der Waals surface area contributed by atoms with Crippen LogP contribution in [0.5, 0.6) is 0 Å². The van der Waals surface area contributed by atoms with E-state index in [4.69, 9.17) is 0 Å². The number of benzene rings is 1. The van der Waals surface area contributed by atoms with Crippen molar-refractivity contribution in [2.45, 2.75) is 30.3 Å². The number of hydrogen-bond donors (Lipinski definition) is 1. The molecule has 0 aromatic heterocycles. The Morgan fingerprint density at radius 1 is 1.30 bits per heavy atom. The van der Waals surface area contributed by atoms with E-state index in [1.54, 1.807) is 16.7 Å². The quantitative estimate of drug-likeness (QED) is 0.656. The highest BCUT2D eigenvalue weighted by atomic mass is 32.2. The molecule has 0 bridgehead atoms. The molecule has 0 spiro atoms.